The van der Waals surface area contributed by atoms with Crippen LogP contribution < -0.4 is 10.0 Å². The summed E-state index contributed by atoms with van der Waals surface area (Å²) in [4.78, 5) is 2.32. The second kappa shape index (κ2) is 7.19. The molecular formula is C14H25N3O2S2. The monoisotopic (exact) mass is 331 g/mol. The Morgan fingerprint density at radius 3 is 2.52 bits per heavy atom. The lowest BCUT2D eigenvalue weighted by atomic mass is 9.98. The van der Waals surface area contributed by atoms with Crippen molar-refractivity contribution in [2.24, 2.45) is 5.92 Å². The molecule has 5 nitrogen and oxygen atoms in total. The molecule has 0 radical (unpaired) electrons. The summed E-state index contributed by atoms with van der Waals surface area (Å²) in [5.41, 5.74) is 1.22. The topological polar surface area (TPSA) is 61.4 Å². The summed E-state index contributed by atoms with van der Waals surface area (Å²) in [5.74, 6) is 0.587. The van der Waals surface area contributed by atoms with Crippen LogP contribution in [0, 0.1) is 19.8 Å². The number of thiophene rings is 1. The SMILES string of the molecule is CNCC1CCN(S(=O)(=O)NCc2cc(C)c(C)s2)CC1. The molecule has 1 aliphatic rings. The summed E-state index contributed by atoms with van der Waals surface area (Å²) >= 11 is 1.65. The van der Waals surface area contributed by atoms with E-state index in [2.05, 4.69) is 30.0 Å². The molecule has 0 aliphatic carbocycles. The van der Waals surface area contributed by atoms with E-state index in [4.69, 9.17) is 0 Å². The van der Waals surface area contributed by atoms with E-state index in [-0.39, 0.29) is 0 Å². The van der Waals surface area contributed by atoms with Gasteiger partial charge < -0.3 is 5.32 Å². The van der Waals surface area contributed by atoms with Crippen molar-refractivity contribution in [2.75, 3.05) is 26.7 Å². The Kier molecular flexibility index (Phi) is 5.79. The molecule has 2 heterocycles. The van der Waals surface area contributed by atoms with Gasteiger partial charge in [0.25, 0.3) is 10.2 Å². The standard InChI is InChI=1S/C14H25N3O2S2/c1-11-8-14(20-12(11)2)10-16-21(18,19)17-6-4-13(5-7-17)9-15-3/h8,13,15-16H,4-7,9-10H2,1-3H3. The van der Waals surface area contributed by atoms with E-state index >= 15 is 0 Å². The highest BCUT2D eigenvalue weighted by atomic mass is 32.2. The second-order valence-electron chi connectivity index (χ2n) is 5.68. The molecule has 0 saturated carbocycles. The van der Waals surface area contributed by atoms with E-state index < -0.39 is 10.2 Å². The van der Waals surface area contributed by atoms with Crippen LogP contribution in [0.25, 0.3) is 0 Å². The molecule has 0 aromatic carbocycles. The van der Waals surface area contributed by atoms with Gasteiger partial charge in [-0.15, -0.1) is 11.3 Å². The van der Waals surface area contributed by atoms with Crippen molar-refractivity contribution in [2.45, 2.75) is 33.2 Å². The molecule has 0 atom stereocenters. The lowest BCUT2D eigenvalue weighted by Gasteiger charge is -2.31. The van der Waals surface area contributed by atoms with Gasteiger partial charge in [-0.3, -0.25) is 0 Å². The van der Waals surface area contributed by atoms with E-state index in [1.807, 2.05) is 7.05 Å². The maximum absolute atomic E-state index is 12.3. The normalized spacial score (nSPS) is 18.2. The van der Waals surface area contributed by atoms with E-state index in [9.17, 15) is 8.42 Å². The summed E-state index contributed by atoms with van der Waals surface area (Å²) in [7, 11) is -1.41. The van der Waals surface area contributed by atoms with Gasteiger partial charge in [0.1, 0.15) is 0 Å². The molecule has 1 saturated heterocycles. The highest BCUT2D eigenvalue weighted by Gasteiger charge is 2.27. The summed E-state index contributed by atoms with van der Waals surface area (Å²) in [6.45, 7) is 6.70. The fourth-order valence-corrected chi connectivity index (χ4v) is 4.93. The van der Waals surface area contributed by atoms with Crippen molar-refractivity contribution >= 4 is 21.5 Å². The molecule has 120 valence electrons. The fraction of sp³-hybridized carbons (Fsp3) is 0.714. The molecule has 0 unspecified atom stereocenters. The van der Waals surface area contributed by atoms with Crippen LogP contribution in [0.3, 0.4) is 0 Å². The number of aryl methyl sites for hydroxylation is 2. The Balaban J connectivity index is 1.87. The molecule has 0 spiro atoms. The van der Waals surface area contributed by atoms with Crippen LogP contribution in [-0.2, 0) is 16.8 Å². The van der Waals surface area contributed by atoms with Gasteiger partial charge in [-0.25, -0.2) is 0 Å². The van der Waals surface area contributed by atoms with E-state index in [0.29, 0.717) is 25.6 Å². The van der Waals surface area contributed by atoms with Crippen LogP contribution in [0.1, 0.15) is 28.2 Å². The van der Waals surface area contributed by atoms with E-state index in [1.165, 1.54) is 10.4 Å². The molecule has 2 N–H and O–H groups in total. The summed E-state index contributed by atoms with van der Waals surface area (Å²) in [5, 5.41) is 3.16. The predicted molar refractivity (Wildman–Crippen MR) is 87.8 cm³/mol. The second-order valence-corrected chi connectivity index (χ2v) is 8.77. The third kappa shape index (κ3) is 4.50. The first-order valence-corrected chi connectivity index (χ1v) is 9.63. The largest absolute Gasteiger partial charge is 0.319 e. The number of nitrogens with zero attached hydrogens (tertiary/aromatic N) is 1. The Morgan fingerprint density at radius 2 is 2.00 bits per heavy atom. The first-order valence-electron chi connectivity index (χ1n) is 7.37. The Labute approximate surface area is 131 Å². The predicted octanol–water partition coefficient (Wildman–Crippen LogP) is 1.63. The molecule has 21 heavy (non-hydrogen) atoms. The summed E-state index contributed by atoms with van der Waals surface area (Å²) in [6, 6.07) is 2.06. The molecule has 2 rings (SSSR count). The Hall–Kier alpha value is -0.470. The van der Waals surface area contributed by atoms with Gasteiger partial charge in [-0.2, -0.15) is 17.4 Å². The third-order valence-electron chi connectivity index (χ3n) is 4.05. The fourth-order valence-electron chi connectivity index (χ4n) is 2.63. The minimum atomic E-state index is -3.35. The van der Waals surface area contributed by atoms with Crippen molar-refractivity contribution in [3.63, 3.8) is 0 Å². The van der Waals surface area contributed by atoms with Gasteiger partial charge in [-0.1, -0.05) is 0 Å². The summed E-state index contributed by atoms with van der Waals surface area (Å²) in [6.07, 6.45) is 1.86. The average molecular weight is 332 g/mol. The van der Waals surface area contributed by atoms with E-state index in [1.54, 1.807) is 15.6 Å². The smallest absolute Gasteiger partial charge is 0.279 e. The summed E-state index contributed by atoms with van der Waals surface area (Å²) < 4.78 is 28.9. The number of piperidine rings is 1. The van der Waals surface area contributed by atoms with Crippen molar-refractivity contribution in [1.29, 1.82) is 0 Å². The third-order valence-corrected chi connectivity index (χ3v) is 6.76. The average Bonchev–Trinajstić information content (AvgIpc) is 2.77. The van der Waals surface area contributed by atoms with Gasteiger partial charge in [0, 0.05) is 29.4 Å². The molecule has 1 aliphatic heterocycles. The van der Waals surface area contributed by atoms with Crippen molar-refractivity contribution < 1.29 is 8.42 Å². The quantitative estimate of drug-likeness (QED) is 0.833. The van der Waals surface area contributed by atoms with Gasteiger partial charge in [0.15, 0.2) is 0 Å². The number of nitrogens with one attached hydrogen (secondary N) is 2. The number of hydrogen-bond acceptors (Lipinski definition) is 4. The minimum absolute atomic E-state index is 0.387. The zero-order chi connectivity index (χ0) is 15.5. The molecular weight excluding hydrogens is 306 g/mol. The number of rotatable bonds is 6. The molecule has 0 bridgehead atoms. The Morgan fingerprint density at radius 1 is 1.33 bits per heavy atom. The number of hydrogen-bond donors (Lipinski definition) is 2. The maximum atomic E-state index is 12.3. The lowest BCUT2D eigenvalue weighted by molar-refractivity contribution is 0.268. The van der Waals surface area contributed by atoms with Crippen LogP contribution in [0.15, 0.2) is 6.07 Å². The van der Waals surface area contributed by atoms with Gasteiger partial charge in [-0.05, 0) is 57.8 Å². The highest BCUT2D eigenvalue weighted by Crippen LogP contribution is 2.22. The van der Waals surface area contributed by atoms with Crippen LogP contribution in [-0.4, -0.2) is 39.4 Å². The molecule has 1 aromatic rings. The van der Waals surface area contributed by atoms with Crippen LogP contribution in [0.2, 0.25) is 0 Å². The molecule has 1 fully saturated rings. The van der Waals surface area contributed by atoms with Crippen molar-refractivity contribution in [3.8, 4) is 0 Å². The minimum Gasteiger partial charge on any atom is -0.319 e. The van der Waals surface area contributed by atoms with Crippen LogP contribution >= 0.6 is 11.3 Å². The molecule has 0 amide bonds. The van der Waals surface area contributed by atoms with Crippen molar-refractivity contribution in [1.82, 2.24) is 14.3 Å². The van der Waals surface area contributed by atoms with E-state index in [0.717, 1.165) is 24.3 Å². The maximum Gasteiger partial charge on any atom is 0.279 e. The molecule has 7 heteroatoms. The van der Waals surface area contributed by atoms with Gasteiger partial charge in [0.05, 0.1) is 0 Å². The zero-order valence-corrected chi connectivity index (χ0v) is 14.6. The van der Waals surface area contributed by atoms with Gasteiger partial charge >= 0.3 is 0 Å². The molecule has 1 aromatic heterocycles. The first-order chi connectivity index (χ1) is 9.92. The highest BCUT2D eigenvalue weighted by molar-refractivity contribution is 7.87. The first kappa shape index (κ1) is 16.9. The lowest BCUT2D eigenvalue weighted by Crippen LogP contribution is -2.45. The van der Waals surface area contributed by atoms with Gasteiger partial charge in [0.2, 0.25) is 0 Å². The Bertz CT molecular complexity index is 541. The van der Waals surface area contributed by atoms with Crippen LogP contribution in [0.4, 0.5) is 0 Å². The van der Waals surface area contributed by atoms with Crippen molar-refractivity contribution in [3.05, 3.63) is 21.4 Å². The zero-order valence-electron chi connectivity index (χ0n) is 13.0. The van der Waals surface area contributed by atoms with Crippen LogP contribution in [0.5, 0.6) is 0 Å².